The summed E-state index contributed by atoms with van der Waals surface area (Å²) in [7, 11) is -4.31. The maximum Gasteiger partial charge on any atom is 0.336 e. The highest BCUT2D eigenvalue weighted by Gasteiger charge is 2.37. The third kappa shape index (κ3) is 5.22. The molecule has 8 nitrogen and oxygen atoms in total. The summed E-state index contributed by atoms with van der Waals surface area (Å²) in [6, 6.07) is 3.19. The van der Waals surface area contributed by atoms with E-state index in [-0.39, 0.29) is 6.42 Å². The van der Waals surface area contributed by atoms with Crippen LogP contribution in [0.5, 0.6) is 0 Å². The smallest absolute Gasteiger partial charge is 0.336 e. The molecule has 22 heavy (non-hydrogen) atoms. The zero-order chi connectivity index (χ0) is 16.8. The summed E-state index contributed by atoms with van der Waals surface area (Å²) in [6.07, 6.45) is 0.640. The number of aliphatic carboxylic acids is 2. The average molecular weight is 331 g/mol. The number of hydrogen-bond acceptors (Lipinski definition) is 5. The van der Waals surface area contributed by atoms with Crippen LogP contribution in [0.15, 0.2) is 24.5 Å². The number of rotatable bonds is 9. The molecule has 3 atom stereocenters. The Morgan fingerprint density at radius 1 is 1.41 bits per heavy atom. The second-order valence-corrected chi connectivity index (χ2v) is 6.60. The minimum absolute atomic E-state index is 0.241. The predicted octanol–water partition coefficient (Wildman–Crippen LogP) is 2.05. The maximum absolute atomic E-state index is 12.4. The van der Waals surface area contributed by atoms with Gasteiger partial charge in [-0.25, -0.2) is 4.79 Å². The van der Waals surface area contributed by atoms with Gasteiger partial charge in [-0.1, -0.05) is 13.0 Å². The first-order valence-electron chi connectivity index (χ1n) is 6.63. The Bertz CT molecular complexity index is 563. The second-order valence-electron chi connectivity index (χ2n) is 4.64. The third-order valence-corrected chi connectivity index (χ3v) is 5.03. The first-order chi connectivity index (χ1) is 10.3. The standard InChI is InChI=1S/C13H18NO7P/c1-2-11(9-4-3-7-14-8-9)22(19,20)21-10(13(17)18)5-6-12(15)16/h3-4,7-8,10-11H,2,5-6H2,1H3,(H,15,16)(H,17,18)(H,19,20). The van der Waals surface area contributed by atoms with Crippen molar-refractivity contribution in [1.29, 1.82) is 0 Å². The molecule has 0 amide bonds. The zero-order valence-electron chi connectivity index (χ0n) is 12.0. The zero-order valence-corrected chi connectivity index (χ0v) is 12.8. The van der Waals surface area contributed by atoms with Crippen molar-refractivity contribution in [2.24, 2.45) is 0 Å². The summed E-state index contributed by atoms with van der Waals surface area (Å²) in [5.74, 6) is -2.68. The van der Waals surface area contributed by atoms with E-state index in [0.717, 1.165) is 0 Å². The fourth-order valence-electron chi connectivity index (χ4n) is 1.96. The van der Waals surface area contributed by atoms with Gasteiger partial charge in [0.25, 0.3) is 0 Å². The highest BCUT2D eigenvalue weighted by molar-refractivity contribution is 7.53. The van der Waals surface area contributed by atoms with E-state index in [1.54, 1.807) is 19.1 Å². The monoisotopic (exact) mass is 331 g/mol. The molecule has 0 spiro atoms. The van der Waals surface area contributed by atoms with E-state index >= 15 is 0 Å². The molecule has 0 aromatic carbocycles. The van der Waals surface area contributed by atoms with Crippen molar-refractivity contribution in [2.45, 2.75) is 37.9 Å². The number of carboxylic acid groups (broad SMARTS) is 2. The van der Waals surface area contributed by atoms with Crippen LogP contribution in [-0.2, 0) is 18.7 Å². The highest BCUT2D eigenvalue weighted by atomic mass is 31.2. The van der Waals surface area contributed by atoms with Gasteiger partial charge in [0.15, 0.2) is 6.10 Å². The largest absolute Gasteiger partial charge is 0.481 e. The van der Waals surface area contributed by atoms with Gasteiger partial charge in [0.2, 0.25) is 0 Å². The van der Waals surface area contributed by atoms with E-state index in [4.69, 9.17) is 14.7 Å². The fourth-order valence-corrected chi connectivity index (χ4v) is 3.66. The van der Waals surface area contributed by atoms with E-state index in [1.807, 2.05) is 0 Å². The van der Waals surface area contributed by atoms with Gasteiger partial charge in [-0.3, -0.25) is 18.9 Å². The number of aromatic nitrogens is 1. The normalized spacial score (nSPS) is 16.5. The van der Waals surface area contributed by atoms with Crippen LogP contribution in [0.1, 0.15) is 37.4 Å². The van der Waals surface area contributed by atoms with Crippen molar-refractivity contribution in [3.05, 3.63) is 30.1 Å². The van der Waals surface area contributed by atoms with E-state index in [2.05, 4.69) is 4.98 Å². The van der Waals surface area contributed by atoms with Gasteiger partial charge in [0.1, 0.15) is 0 Å². The number of hydrogen-bond donors (Lipinski definition) is 3. The molecule has 0 saturated carbocycles. The summed E-state index contributed by atoms with van der Waals surface area (Å²) in [5, 5.41) is 17.6. The lowest BCUT2D eigenvalue weighted by Gasteiger charge is -2.24. The van der Waals surface area contributed by atoms with Gasteiger partial charge in [-0.15, -0.1) is 0 Å². The number of nitrogens with zero attached hydrogens (tertiary/aromatic N) is 1. The van der Waals surface area contributed by atoms with E-state index in [1.165, 1.54) is 12.4 Å². The summed E-state index contributed by atoms with van der Waals surface area (Å²) >= 11 is 0. The van der Waals surface area contributed by atoms with Gasteiger partial charge >= 0.3 is 19.5 Å². The van der Waals surface area contributed by atoms with Crippen molar-refractivity contribution >= 4 is 19.5 Å². The number of carboxylic acids is 2. The van der Waals surface area contributed by atoms with Crippen molar-refractivity contribution in [2.75, 3.05) is 0 Å². The molecule has 0 aliphatic heterocycles. The Labute approximate surface area is 127 Å². The molecule has 1 aromatic rings. The molecule has 1 aromatic heterocycles. The van der Waals surface area contributed by atoms with Crippen LogP contribution in [0.25, 0.3) is 0 Å². The highest BCUT2D eigenvalue weighted by Crippen LogP contribution is 2.59. The lowest BCUT2D eigenvalue weighted by Crippen LogP contribution is -2.24. The first-order valence-corrected chi connectivity index (χ1v) is 8.28. The summed E-state index contributed by atoms with van der Waals surface area (Å²) in [6.45, 7) is 1.66. The van der Waals surface area contributed by atoms with Gasteiger partial charge < -0.3 is 15.1 Å². The minimum Gasteiger partial charge on any atom is -0.481 e. The summed E-state index contributed by atoms with van der Waals surface area (Å²) < 4.78 is 17.3. The predicted molar refractivity (Wildman–Crippen MR) is 76.5 cm³/mol. The molecule has 0 fully saturated rings. The van der Waals surface area contributed by atoms with Crippen LogP contribution in [0, 0.1) is 0 Å². The first kappa shape index (κ1) is 18.3. The second kappa shape index (κ2) is 8.03. The van der Waals surface area contributed by atoms with E-state index in [0.29, 0.717) is 5.56 Å². The van der Waals surface area contributed by atoms with Gasteiger partial charge in [-0.05, 0) is 24.5 Å². The summed E-state index contributed by atoms with van der Waals surface area (Å²) in [4.78, 5) is 35.6. The molecular weight excluding hydrogens is 313 g/mol. The Morgan fingerprint density at radius 3 is 2.55 bits per heavy atom. The SMILES string of the molecule is CCC(c1cccnc1)P(=O)(O)OC(CCC(=O)O)C(=O)O. The number of carbonyl (C=O) groups is 2. The van der Waals surface area contributed by atoms with Gasteiger partial charge in [0.05, 0.1) is 5.66 Å². The molecule has 1 heterocycles. The maximum atomic E-state index is 12.4. The Kier molecular flexibility index (Phi) is 6.67. The number of pyridine rings is 1. The molecule has 3 N–H and O–H groups in total. The molecule has 3 unspecified atom stereocenters. The van der Waals surface area contributed by atoms with Crippen LogP contribution in [0.4, 0.5) is 0 Å². The Balaban J connectivity index is 2.92. The lowest BCUT2D eigenvalue weighted by atomic mass is 10.2. The molecule has 0 bridgehead atoms. The molecule has 1 rings (SSSR count). The van der Waals surface area contributed by atoms with Crippen LogP contribution in [0.2, 0.25) is 0 Å². The van der Waals surface area contributed by atoms with Crippen molar-refractivity contribution in [3.8, 4) is 0 Å². The van der Waals surface area contributed by atoms with Gasteiger partial charge in [-0.2, -0.15) is 0 Å². The Hall–Kier alpha value is -1.76. The molecule has 0 aliphatic carbocycles. The van der Waals surface area contributed by atoms with E-state index < -0.39 is 44.1 Å². The minimum atomic E-state index is -4.31. The van der Waals surface area contributed by atoms with Crippen LogP contribution < -0.4 is 0 Å². The molecule has 0 radical (unpaired) electrons. The third-order valence-electron chi connectivity index (χ3n) is 3.02. The van der Waals surface area contributed by atoms with Crippen molar-refractivity contribution in [1.82, 2.24) is 4.98 Å². The Morgan fingerprint density at radius 2 is 2.09 bits per heavy atom. The van der Waals surface area contributed by atoms with Crippen molar-refractivity contribution in [3.63, 3.8) is 0 Å². The molecule has 122 valence electrons. The molecule has 0 aliphatic rings. The molecule has 0 saturated heterocycles. The quantitative estimate of drug-likeness (QED) is 0.585. The van der Waals surface area contributed by atoms with Crippen LogP contribution in [-0.4, -0.2) is 38.1 Å². The van der Waals surface area contributed by atoms with Crippen LogP contribution in [0.3, 0.4) is 0 Å². The summed E-state index contributed by atoms with van der Waals surface area (Å²) in [5.41, 5.74) is -0.467. The molecule has 9 heteroatoms. The lowest BCUT2D eigenvalue weighted by molar-refractivity contribution is -0.146. The topological polar surface area (TPSA) is 134 Å². The van der Waals surface area contributed by atoms with E-state index in [9.17, 15) is 19.0 Å². The molecular formula is C13H18NO7P. The average Bonchev–Trinajstić information content (AvgIpc) is 2.44. The van der Waals surface area contributed by atoms with Crippen molar-refractivity contribution < 1.29 is 33.8 Å². The van der Waals surface area contributed by atoms with Crippen LogP contribution >= 0.6 is 7.60 Å². The fraction of sp³-hybridized carbons (Fsp3) is 0.462. The van der Waals surface area contributed by atoms with Gasteiger partial charge in [0, 0.05) is 18.8 Å².